The van der Waals surface area contributed by atoms with Crippen molar-refractivity contribution in [3.63, 3.8) is 0 Å². The summed E-state index contributed by atoms with van der Waals surface area (Å²) in [5.41, 5.74) is 8.28. The molecule has 2 heterocycles. The van der Waals surface area contributed by atoms with Gasteiger partial charge in [-0.3, -0.25) is 0 Å². The van der Waals surface area contributed by atoms with E-state index >= 15 is 0 Å². The van der Waals surface area contributed by atoms with E-state index in [-0.39, 0.29) is 0 Å². The molecule has 22 heavy (non-hydrogen) atoms. The van der Waals surface area contributed by atoms with E-state index in [2.05, 4.69) is 40.7 Å². The van der Waals surface area contributed by atoms with Gasteiger partial charge in [-0.15, -0.1) is 0 Å². The van der Waals surface area contributed by atoms with Crippen LogP contribution in [0.15, 0.2) is 24.5 Å². The molecule has 0 bridgehead atoms. The monoisotopic (exact) mass is 315 g/mol. The molecular weight excluding hydrogens is 298 g/mol. The molecule has 3 N–H and O–H groups in total. The summed E-state index contributed by atoms with van der Waals surface area (Å²) in [4.78, 5) is 16.1. The first kappa shape index (κ1) is 14.8. The average molecular weight is 316 g/mol. The Hall–Kier alpha value is -2.14. The van der Waals surface area contributed by atoms with Gasteiger partial charge in [-0.2, -0.15) is 0 Å². The first-order valence-corrected chi connectivity index (χ1v) is 7.61. The third kappa shape index (κ3) is 2.52. The van der Waals surface area contributed by atoms with E-state index < -0.39 is 0 Å². The van der Waals surface area contributed by atoms with Crippen LogP contribution in [0.2, 0.25) is 5.15 Å². The Bertz CT molecular complexity index is 825. The fourth-order valence-electron chi connectivity index (χ4n) is 2.32. The number of aromatic amines is 1. The van der Waals surface area contributed by atoms with Crippen LogP contribution in [0.1, 0.15) is 32.5 Å². The fraction of sp³-hybridized carbons (Fsp3) is 0.312. The van der Waals surface area contributed by atoms with E-state index in [1.54, 1.807) is 0 Å². The number of aromatic nitrogens is 4. The number of nitrogens with zero attached hydrogens (tertiary/aromatic N) is 3. The molecule has 1 unspecified atom stereocenters. The molecule has 6 heteroatoms. The highest BCUT2D eigenvalue weighted by molar-refractivity contribution is 6.32. The average Bonchev–Trinajstić information content (AvgIpc) is 2.88. The number of halogens is 1. The number of fused-ring (bicyclic) bond motifs is 1. The van der Waals surface area contributed by atoms with Gasteiger partial charge in [0.15, 0.2) is 0 Å². The second-order valence-corrected chi connectivity index (χ2v) is 6.19. The first-order valence-electron chi connectivity index (χ1n) is 7.23. The topological polar surface area (TPSA) is 80.5 Å². The minimum absolute atomic E-state index is 0.310. The van der Waals surface area contributed by atoms with Crippen LogP contribution in [0.4, 0.5) is 5.82 Å². The third-order valence-electron chi connectivity index (χ3n) is 4.05. The Kier molecular flexibility index (Phi) is 3.74. The molecule has 3 aromatic rings. The number of benzene rings is 1. The van der Waals surface area contributed by atoms with Crippen LogP contribution < -0.4 is 5.73 Å². The molecule has 0 aliphatic heterocycles. The molecule has 0 saturated heterocycles. The quantitative estimate of drug-likeness (QED) is 0.765. The number of imidazole rings is 1. The number of nitrogens with two attached hydrogens (primary N) is 1. The van der Waals surface area contributed by atoms with Crippen molar-refractivity contribution in [2.24, 2.45) is 5.92 Å². The van der Waals surface area contributed by atoms with Crippen LogP contribution in [0, 0.1) is 5.92 Å². The van der Waals surface area contributed by atoms with Gasteiger partial charge in [-0.25, -0.2) is 15.0 Å². The summed E-state index contributed by atoms with van der Waals surface area (Å²) in [5, 5.41) is 1.37. The van der Waals surface area contributed by atoms with E-state index in [9.17, 15) is 0 Å². The number of hydrogen-bond donors (Lipinski definition) is 2. The fourth-order valence-corrected chi connectivity index (χ4v) is 2.57. The molecule has 0 spiro atoms. The van der Waals surface area contributed by atoms with Crippen molar-refractivity contribution >= 4 is 28.3 Å². The molecule has 1 aromatic carbocycles. The molecule has 0 aliphatic carbocycles. The molecule has 0 amide bonds. The van der Waals surface area contributed by atoms with Crippen molar-refractivity contribution in [3.05, 3.63) is 35.5 Å². The number of nitrogens with one attached hydrogen (secondary N) is 1. The summed E-state index contributed by atoms with van der Waals surface area (Å²) < 4.78 is 0. The van der Waals surface area contributed by atoms with Crippen molar-refractivity contribution in [2.45, 2.75) is 26.7 Å². The standard InChI is InChI=1S/C16H18ClN5/c1-8(2)9(3)16-21-13(14(17)22-16)10-4-5-11-12(6-10)19-7-20-15(11)18/h4-9H,1-3H3,(H,21,22)(H2,18,19,20). The van der Waals surface area contributed by atoms with E-state index in [1.807, 2.05) is 18.2 Å². The van der Waals surface area contributed by atoms with Crippen LogP contribution >= 0.6 is 11.6 Å². The zero-order chi connectivity index (χ0) is 15.9. The van der Waals surface area contributed by atoms with Gasteiger partial charge in [-0.1, -0.05) is 38.4 Å². The summed E-state index contributed by atoms with van der Waals surface area (Å²) >= 11 is 6.34. The van der Waals surface area contributed by atoms with Crippen molar-refractivity contribution in [1.82, 2.24) is 19.9 Å². The van der Waals surface area contributed by atoms with Crippen molar-refractivity contribution in [2.75, 3.05) is 5.73 Å². The predicted molar refractivity (Wildman–Crippen MR) is 89.8 cm³/mol. The van der Waals surface area contributed by atoms with Crippen LogP contribution in [-0.2, 0) is 0 Å². The lowest BCUT2D eigenvalue weighted by Gasteiger charge is -2.11. The maximum absolute atomic E-state index is 6.34. The molecule has 2 aromatic heterocycles. The van der Waals surface area contributed by atoms with Gasteiger partial charge in [0.25, 0.3) is 0 Å². The molecule has 3 rings (SSSR count). The van der Waals surface area contributed by atoms with Gasteiger partial charge in [0.1, 0.15) is 28.8 Å². The van der Waals surface area contributed by atoms with Crippen LogP contribution in [-0.4, -0.2) is 19.9 Å². The number of nitrogen functional groups attached to an aromatic ring is 1. The Morgan fingerprint density at radius 2 is 1.95 bits per heavy atom. The van der Waals surface area contributed by atoms with Crippen LogP contribution in [0.3, 0.4) is 0 Å². The second kappa shape index (κ2) is 5.57. The van der Waals surface area contributed by atoms with Gasteiger partial charge >= 0.3 is 0 Å². The summed E-state index contributed by atoms with van der Waals surface area (Å²) in [7, 11) is 0. The smallest absolute Gasteiger partial charge is 0.134 e. The van der Waals surface area contributed by atoms with Crippen LogP contribution in [0.25, 0.3) is 22.2 Å². The summed E-state index contributed by atoms with van der Waals surface area (Å²) in [6.45, 7) is 6.46. The highest BCUT2D eigenvalue weighted by Crippen LogP contribution is 2.32. The SMILES string of the molecule is CC(C)C(C)c1nc(-c2ccc3c(N)ncnc3c2)c(Cl)[nH]1. The lowest BCUT2D eigenvalue weighted by Crippen LogP contribution is -2.03. The lowest BCUT2D eigenvalue weighted by atomic mass is 9.98. The molecule has 1 atom stereocenters. The largest absolute Gasteiger partial charge is 0.383 e. The van der Waals surface area contributed by atoms with Gasteiger partial charge in [0.2, 0.25) is 0 Å². The maximum Gasteiger partial charge on any atom is 0.134 e. The molecule has 0 fully saturated rings. The number of anilines is 1. The minimum atomic E-state index is 0.310. The predicted octanol–water partition coefficient (Wildman–Crippen LogP) is 4.02. The van der Waals surface area contributed by atoms with E-state index in [4.69, 9.17) is 17.3 Å². The lowest BCUT2D eigenvalue weighted by molar-refractivity contribution is 0.514. The number of rotatable bonds is 3. The normalized spacial score (nSPS) is 13.0. The van der Waals surface area contributed by atoms with Crippen LogP contribution in [0.5, 0.6) is 0 Å². The third-order valence-corrected chi connectivity index (χ3v) is 4.32. The Morgan fingerprint density at radius 1 is 1.18 bits per heavy atom. The Morgan fingerprint density at radius 3 is 2.68 bits per heavy atom. The van der Waals surface area contributed by atoms with Gasteiger partial charge in [0, 0.05) is 16.9 Å². The highest BCUT2D eigenvalue weighted by Gasteiger charge is 2.18. The van der Waals surface area contributed by atoms with Crippen molar-refractivity contribution in [1.29, 1.82) is 0 Å². The maximum atomic E-state index is 6.34. The summed E-state index contributed by atoms with van der Waals surface area (Å²) in [5.74, 6) is 2.17. The van der Waals surface area contributed by atoms with Gasteiger partial charge in [0.05, 0.1) is 5.52 Å². The Balaban J connectivity index is 2.08. The molecule has 0 saturated carbocycles. The Labute approximate surface area is 134 Å². The molecule has 5 nitrogen and oxygen atoms in total. The molecule has 114 valence electrons. The summed E-state index contributed by atoms with van der Waals surface area (Å²) in [6.07, 6.45) is 1.46. The highest BCUT2D eigenvalue weighted by atomic mass is 35.5. The van der Waals surface area contributed by atoms with E-state index in [0.29, 0.717) is 22.8 Å². The number of hydrogen-bond acceptors (Lipinski definition) is 4. The van der Waals surface area contributed by atoms with Gasteiger partial charge in [-0.05, 0) is 18.1 Å². The van der Waals surface area contributed by atoms with Gasteiger partial charge < -0.3 is 10.7 Å². The van der Waals surface area contributed by atoms with E-state index in [0.717, 1.165) is 28.0 Å². The summed E-state index contributed by atoms with van der Waals surface area (Å²) in [6, 6.07) is 5.77. The molecule has 0 aliphatic rings. The van der Waals surface area contributed by atoms with E-state index in [1.165, 1.54) is 6.33 Å². The molecular formula is C16H18ClN5. The van der Waals surface area contributed by atoms with Crippen molar-refractivity contribution < 1.29 is 0 Å². The number of H-pyrrole nitrogens is 1. The molecule has 0 radical (unpaired) electrons. The zero-order valence-electron chi connectivity index (χ0n) is 12.8. The zero-order valence-corrected chi connectivity index (χ0v) is 13.5. The van der Waals surface area contributed by atoms with Crippen molar-refractivity contribution in [3.8, 4) is 11.3 Å². The minimum Gasteiger partial charge on any atom is -0.383 e. The first-order chi connectivity index (χ1) is 10.5. The second-order valence-electron chi connectivity index (χ2n) is 5.81.